The first kappa shape index (κ1) is 14.6. The molecular weight excluding hydrogens is 349 g/mol. The van der Waals surface area contributed by atoms with Gasteiger partial charge >= 0.3 is 0 Å². The van der Waals surface area contributed by atoms with E-state index in [1.807, 2.05) is 12.1 Å². The van der Waals surface area contributed by atoms with E-state index in [-0.39, 0.29) is 5.78 Å². The molecule has 0 saturated heterocycles. The molecule has 0 aliphatic heterocycles. The van der Waals surface area contributed by atoms with Gasteiger partial charge in [0, 0.05) is 21.8 Å². The van der Waals surface area contributed by atoms with Crippen LogP contribution in [-0.2, 0) is 4.79 Å². The third-order valence-electron chi connectivity index (χ3n) is 3.31. The molecule has 102 valence electrons. The first-order chi connectivity index (χ1) is 9.04. The minimum Gasteiger partial charge on any atom is -0.358 e. The standard InChI is InChI=1S/C16H20INO/c1-11(2)7-12-8-13(10-14(19)9-12)18-16-6-4-3-5-15(16)17/h3-6,10-12,18H,7-9H2,1-2H3. The van der Waals surface area contributed by atoms with Gasteiger partial charge in [0.25, 0.3) is 0 Å². The molecule has 2 nitrogen and oxygen atoms in total. The summed E-state index contributed by atoms with van der Waals surface area (Å²) in [6.45, 7) is 4.44. The molecule has 0 radical (unpaired) electrons. The van der Waals surface area contributed by atoms with Gasteiger partial charge in [-0.25, -0.2) is 0 Å². The van der Waals surface area contributed by atoms with Gasteiger partial charge in [-0.2, -0.15) is 0 Å². The zero-order valence-electron chi connectivity index (χ0n) is 11.4. The SMILES string of the molecule is CC(C)CC1CC(=O)C=C(Nc2ccccc2I)C1. The van der Waals surface area contributed by atoms with Crippen molar-refractivity contribution in [3.8, 4) is 0 Å². The van der Waals surface area contributed by atoms with Crippen molar-refractivity contribution in [3.05, 3.63) is 39.6 Å². The quantitative estimate of drug-likeness (QED) is 0.786. The van der Waals surface area contributed by atoms with E-state index in [2.05, 4.69) is 53.9 Å². The number of hydrogen-bond donors (Lipinski definition) is 1. The number of nitrogens with one attached hydrogen (secondary N) is 1. The molecule has 1 unspecified atom stereocenters. The van der Waals surface area contributed by atoms with Crippen LogP contribution in [0.25, 0.3) is 0 Å². The third kappa shape index (κ3) is 4.34. The summed E-state index contributed by atoms with van der Waals surface area (Å²) in [6, 6.07) is 8.16. The van der Waals surface area contributed by atoms with Gasteiger partial charge in [0.15, 0.2) is 5.78 Å². The number of benzene rings is 1. The maximum absolute atomic E-state index is 11.8. The predicted octanol–water partition coefficient (Wildman–Crippen LogP) is 4.61. The molecule has 0 fully saturated rings. The van der Waals surface area contributed by atoms with Crippen LogP contribution in [0.2, 0.25) is 0 Å². The van der Waals surface area contributed by atoms with Crippen LogP contribution < -0.4 is 5.32 Å². The van der Waals surface area contributed by atoms with Crippen molar-refractivity contribution in [2.75, 3.05) is 5.32 Å². The number of para-hydroxylation sites is 1. The van der Waals surface area contributed by atoms with E-state index >= 15 is 0 Å². The van der Waals surface area contributed by atoms with Gasteiger partial charge in [0.05, 0.1) is 5.69 Å². The number of halogens is 1. The minimum atomic E-state index is 0.255. The van der Waals surface area contributed by atoms with E-state index in [1.165, 1.54) is 3.57 Å². The van der Waals surface area contributed by atoms with E-state index < -0.39 is 0 Å². The number of carbonyl (C=O) groups excluding carboxylic acids is 1. The van der Waals surface area contributed by atoms with Crippen molar-refractivity contribution in [1.29, 1.82) is 0 Å². The maximum Gasteiger partial charge on any atom is 0.157 e. The van der Waals surface area contributed by atoms with Gasteiger partial charge in [-0.15, -0.1) is 0 Å². The van der Waals surface area contributed by atoms with Gasteiger partial charge in [0.2, 0.25) is 0 Å². The second-order valence-corrected chi connectivity index (χ2v) is 6.81. The molecule has 3 heteroatoms. The molecule has 2 rings (SSSR count). The van der Waals surface area contributed by atoms with Crippen LogP contribution in [0, 0.1) is 15.4 Å². The van der Waals surface area contributed by atoms with E-state index in [0.717, 1.165) is 24.2 Å². The average Bonchev–Trinajstić information content (AvgIpc) is 2.30. The van der Waals surface area contributed by atoms with Crippen molar-refractivity contribution in [2.24, 2.45) is 11.8 Å². The number of anilines is 1. The Morgan fingerprint density at radius 3 is 2.74 bits per heavy atom. The summed E-state index contributed by atoms with van der Waals surface area (Å²) in [6.07, 6.45) is 4.58. The Morgan fingerprint density at radius 1 is 1.32 bits per heavy atom. The second kappa shape index (κ2) is 6.55. The Labute approximate surface area is 128 Å². The lowest BCUT2D eigenvalue weighted by molar-refractivity contribution is -0.116. The number of carbonyl (C=O) groups is 1. The Kier molecular flexibility index (Phi) is 5.02. The highest BCUT2D eigenvalue weighted by Crippen LogP contribution is 2.29. The van der Waals surface area contributed by atoms with Crippen molar-refractivity contribution >= 4 is 34.1 Å². The number of allylic oxidation sites excluding steroid dienone is 2. The molecular formula is C16H20INO. The first-order valence-corrected chi connectivity index (χ1v) is 7.87. The van der Waals surface area contributed by atoms with Gasteiger partial charge < -0.3 is 5.32 Å². The number of ketones is 1. The monoisotopic (exact) mass is 369 g/mol. The molecule has 0 heterocycles. The molecule has 1 aliphatic carbocycles. The molecule has 0 amide bonds. The van der Waals surface area contributed by atoms with E-state index in [1.54, 1.807) is 6.08 Å². The van der Waals surface area contributed by atoms with E-state index in [0.29, 0.717) is 18.3 Å². The van der Waals surface area contributed by atoms with Crippen molar-refractivity contribution < 1.29 is 4.79 Å². The molecule has 1 atom stereocenters. The van der Waals surface area contributed by atoms with E-state index in [9.17, 15) is 4.79 Å². The zero-order chi connectivity index (χ0) is 13.8. The van der Waals surface area contributed by atoms with Crippen molar-refractivity contribution in [3.63, 3.8) is 0 Å². The average molecular weight is 369 g/mol. The van der Waals surface area contributed by atoms with Gasteiger partial charge in [-0.1, -0.05) is 26.0 Å². The van der Waals surface area contributed by atoms with Crippen LogP contribution in [0.4, 0.5) is 5.69 Å². The maximum atomic E-state index is 11.8. The second-order valence-electron chi connectivity index (χ2n) is 5.64. The van der Waals surface area contributed by atoms with Gasteiger partial charge in [0.1, 0.15) is 0 Å². The van der Waals surface area contributed by atoms with E-state index in [4.69, 9.17) is 0 Å². The highest BCUT2D eigenvalue weighted by atomic mass is 127. The van der Waals surface area contributed by atoms with Crippen LogP contribution in [0.5, 0.6) is 0 Å². The molecule has 0 saturated carbocycles. The summed E-state index contributed by atoms with van der Waals surface area (Å²) in [5.74, 6) is 1.39. The largest absolute Gasteiger partial charge is 0.358 e. The Balaban J connectivity index is 2.08. The van der Waals surface area contributed by atoms with Crippen LogP contribution in [0.3, 0.4) is 0 Å². The summed E-state index contributed by atoms with van der Waals surface area (Å²) >= 11 is 2.31. The number of hydrogen-bond acceptors (Lipinski definition) is 2. The van der Waals surface area contributed by atoms with Crippen molar-refractivity contribution in [2.45, 2.75) is 33.1 Å². The molecule has 0 bridgehead atoms. The fraction of sp³-hybridized carbons (Fsp3) is 0.438. The molecule has 1 aliphatic rings. The Hall–Kier alpha value is -0.840. The normalized spacial score (nSPS) is 19.5. The molecule has 1 aromatic carbocycles. The zero-order valence-corrected chi connectivity index (χ0v) is 13.6. The highest BCUT2D eigenvalue weighted by Gasteiger charge is 2.21. The summed E-state index contributed by atoms with van der Waals surface area (Å²) < 4.78 is 1.18. The predicted molar refractivity (Wildman–Crippen MR) is 88.1 cm³/mol. The summed E-state index contributed by atoms with van der Waals surface area (Å²) in [7, 11) is 0. The molecule has 1 N–H and O–H groups in total. The fourth-order valence-corrected chi connectivity index (χ4v) is 3.16. The first-order valence-electron chi connectivity index (χ1n) is 6.79. The lowest BCUT2D eigenvalue weighted by atomic mass is 9.85. The topological polar surface area (TPSA) is 29.1 Å². The van der Waals surface area contributed by atoms with Crippen LogP contribution in [-0.4, -0.2) is 5.78 Å². The summed E-state index contributed by atoms with van der Waals surface area (Å²) in [5.41, 5.74) is 2.15. The third-order valence-corrected chi connectivity index (χ3v) is 4.25. The van der Waals surface area contributed by atoms with Gasteiger partial charge in [-0.3, -0.25) is 4.79 Å². The number of rotatable bonds is 4. The molecule has 0 spiro atoms. The molecule has 0 aromatic heterocycles. The Morgan fingerprint density at radius 2 is 2.05 bits per heavy atom. The highest BCUT2D eigenvalue weighted by molar-refractivity contribution is 14.1. The van der Waals surface area contributed by atoms with Crippen LogP contribution in [0.1, 0.15) is 33.1 Å². The minimum absolute atomic E-state index is 0.255. The van der Waals surface area contributed by atoms with Gasteiger partial charge in [-0.05, 0) is 59.4 Å². The summed E-state index contributed by atoms with van der Waals surface area (Å²) in [4.78, 5) is 11.8. The van der Waals surface area contributed by atoms with Crippen LogP contribution in [0.15, 0.2) is 36.0 Å². The fourth-order valence-electron chi connectivity index (χ4n) is 2.64. The van der Waals surface area contributed by atoms with Crippen molar-refractivity contribution in [1.82, 2.24) is 0 Å². The lowest BCUT2D eigenvalue weighted by Crippen LogP contribution is -2.19. The molecule has 19 heavy (non-hydrogen) atoms. The lowest BCUT2D eigenvalue weighted by Gasteiger charge is -2.24. The molecule has 1 aromatic rings. The Bertz CT molecular complexity index is 493. The van der Waals surface area contributed by atoms with Crippen LogP contribution >= 0.6 is 22.6 Å². The summed E-state index contributed by atoms with van der Waals surface area (Å²) in [5, 5.41) is 3.42. The smallest absolute Gasteiger partial charge is 0.157 e.